The molecule has 1 heterocycles. The molecule has 15 heavy (non-hydrogen) atoms. The molecule has 0 radical (unpaired) electrons. The zero-order valence-corrected chi connectivity index (χ0v) is 9.07. The number of hydrogen-bond acceptors (Lipinski definition) is 2. The van der Waals surface area contributed by atoms with E-state index >= 15 is 0 Å². The van der Waals surface area contributed by atoms with Gasteiger partial charge in [0.25, 0.3) is 0 Å². The van der Waals surface area contributed by atoms with Crippen molar-refractivity contribution in [2.24, 2.45) is 0 Å². The Morgan fingerprint density at radius 2 is 2.00 bits per heavy atom. The highest BCUT2D eigenvalue weighted by molar-refractivity contribution is 6.31. The molecule has 1 aliphatic rings. The third-order valence-corrected chi connectivity index (χ3v) is 2.61. The van der Waals surface area contributed by atoms with Gasteiger partial charge < -0.3 is 10.6 Å². The number of nitrogens with one attached hydrogen (secondary N) is 2. The minimum absolute atomic E-state index is 0.0354. The van der Waals surface area contributed by atoms with Crippen molar-refractivity contribution in [1.29, 1.82) is 0 Å². The predicted octanol–water partition coefficient (Wildman–Crippen LogP) is 2.62. The predicted molar refractivity (Wildman–Crippen MR) is 57.7 cm³/mol. The maximum atomic E-state index is 13.1. The summed E-state index contributed by atoms with van der Waals surface area (Å²) in [5, 5.41) is 5.64. The number of carbonyl (C=O) groups excluding carboxylic acids is 1. The molecule has 5 heteroatoms. The van der Waals surface area contributed by atoms with Crippen LogP contribution in [0.25, 0.3) is 0 Å². The van der Waals surface area contributed by atoms with Crippen molar-refractivity contribution in [2.45, 2.75) is 19.4 Å². The Bertz CT molecular complexity index is 445. The van der Waals surface area contributed by atoms with Gasteiger partial charge in [0.2, 0.25) is 5.91 Å². The van der Waals surface area contributed by atoms with Gasteiger partial charge >= 0.3 is 0 Å². The Morgan fingerprint density at radius 1 is 1.33 bits per heavy atom. The van der Waals surface area contributed by atoms with Crippen molar-refractivity contribution in [3.63, 3.8) is 0 Å². The van der Waals surface area contributed by atoms with E-state index in [-0.39, 0.29) is 10.9 Å². The van der Waals surface area contributed by atoms with E-state index in [1.165, 1.54) is 12.1 Å². The fourth-order valence-corrected chi connectivity index (χ4v) is 1.59. The van der Waals surface area contributed by atoms with E-state index in [9.17, 15) is 9.18 Å². The zero-order valence-electron chi connectivity index (χ0n) is 8.32. The molecular formula is C10H10ClFN2O. The van der Waals surface area contributed by atoms with Crippen LogP contribution in [0.5, 0.6) is 0 Å². The van der Waals surface area contributed by atoms with Crippen LogP contribution in [0.15, 0.2) is 12.1 Å². The molecule has 0 aromatic heterocycles. The molecular weight excluding hydrogens is 219 g/mol. The van der Waals surface area contributed by atoms with Gasteiger partial charge in [-0.1, -0.05) is 11.6 Å². The smallest absolute Gasteiger partial charge is 0.249 e. The highest BCUT2D eigenvalue weighted by atomic mass is 35.5. The number of halogens is 2. The highest BCUT2D eigenvalue weighted by Gasteiger charge is 2.33. The third kappa shape index (κ3) is 1.65. The van der Waals surface area contributed by atoms with Crippen LogP contribution >= 0.6 is 11.6 Å². The molecule has 0 aliphatic carbocycles. The first-order valence-electron chi connectivity index (χ1n) is 4.49. The van der Waals surface area contributed by atoms with Gasteiger partial charge in [0.15, 0.2) is 0 Å². The lowest BCUT2D eigenvalue weighted by atomic mass is 10.00. The molecule has 0 saturated carbocycles. The number of fused-ring (bicyclic) bond motifs is 1. The van der Waals surface area contributed by atoms with Crippen LogP contribution in [0.1, 0.15) is 13.8 Å². The monoisotopic (exact) mass is 228 g/mol. The fourth-order valence-electron chi connectivity index (χ4n) is 1.43. The van der Waals surface area contributed by atoms with Crippen LogP contribution in [-0.2, 0) is 4.79 Å². The molecule has 2 rings (SSSR count). The van der Waals surface area contributed by atoms with Crippen LogP contribution in [0.3, 0.4) is 0 Å². The number of carbonyl (C=O) groups is 1. The van der Waals surface area contributed by atoms with E-state index in [0.29, 0.717) is 11.4 Å². The van der Waals surface area contributed by atoms with Crippen molar-refractivity contribution < 1.29 is 9.18 Å². The molecule has 0 spiro atoms. The zero-order chi connectivity index (χ0) is 11.2. The van der Waals surface area contributed by atoms with E-state index in [4.69, 9.17) is 11.6 Å². The van der Waals surface area contributed by atoms with E-state index in [2.05, 4.69) is 10.6 Å². The summed E-state index contributed by atoms with van der Waals surface area (Å²) in [6, 6.07) is 2.67. The van der Waals surface area contributed by atoms with Crippen LogP contribution in [0.4, 0.5) is 15.8 Å². The van der Waals surface area contributed by atoms with Gasteiger partial charge in [0.1, 0.15) is 11.4 Å². The van der Waals surface area contributed by atoms with Crippen LogP contribution in [0.2, 0.25) is 5.02 Å². The Labute approximate surface area is 91.6 Å². The number of amides is 1. The minimum Gasteiger partial charge on any atom is -0.370 e. The van der Waals surface area contributed by atoms with Gasteiger partial charge in [-0.2, -0.15) is 0 Å². The average molecular weight is 229 g/mol. The summed E-state index contributed by atoms with van der Waals surface area (Å²) in [6.07, 6.45) is 0. The molecule has 0 saturated heterocycles. The standard InChI is InChI=1S/C10H10ClFN2O/c1-10(2)9(15)13-7-4-6(12)5(11)3-8(7)14-10/h3-4,14H,1-2H3,(H,13,15). The molecule has 1 aliphatic heterocycles. The lowest BCUT2D eigenvalue weighted by molar-refractivity contribution is -0.119. The number of rotatable bonds is 0. The van der Waals surface area contributed by atoms with E-state index in [1.807, 2.05) is 0 Å². The minimum atomic E-state index is -0.714. The molecule has 0 fully saturated rings. The van der Waals surface area contributed by atoms with Gasteiger partial charge in [-0.25, -0.2) is 4.39 Å². The van der Waals surface area contributed by atoms with Gasteiger partial charge in [-0.05, 0) is 19.9 Å². The van der Waals surface area contributed by atoms with E-state index in [0.717, 1.165) is 0 Å². The van der Waals surface area contributed by atoms with Gasteiger partial charge in [0, 0.05) is 6.07 Å². The molecule has 80 valence electrons. The van der Waals surface area contributed by atoms with Gasteiger partial charge in [-0.15, -0.1) is 0 Å². The summed E-state index contributed by atoms with van der Waals surface area (Å²) in [5.74, 6) is -0.742. The summed E-state index contributed by atoms with van der Waals surface area (Å²) in [4.78, 5) is 11.5. The van der Waals surface area contributed by atoms with Gasteiger partial charge in [0.05, 0.1) is 16.4 Å². The normalized spacial score (nSPS) is 17.7. The molecule has 3 nitrogen and oxygen atoms in total. The van der Waals surface area contributed by atoms with Crippen molar-refractivity contribution in [1.82, 2.24) is 0 Å². The summed E-state index contributed by atoms with van der Waals surface area (Å²) < 4.78 is 13.1. The SMILES string of the molecule is CC1(C)Nc2cc(Cl)c(F)cc2NC1=O. The summed E-state index contributed by atoms with van der Waals surface area (Å²) >= 11 is 5.65. The van der Waals surface area contributed by atoms with E-state index in [1.54, 1.807) is 13.8 Å². The van der Waals surface area contributed by atoms with Gasteiger partial charge in [-0.3, -0.25) is 4.79 Å². The highest BCUT2D eigenvalue weighted by Crippen LogP contribution is 2.34. The first-order chi connectivity index (χ1) is 6.90. The maximum Gasteiger partial charge on any atom is 0.249 e. The molecule has 0 unspecified atom stereocenters. The quantitative estimate of drug-likeness (QED) is 0.717. The largest absolute Gasteiger partial charge is 0.370 e. The van der Waals surface area contributed by atoms with Crippen LogP contribution in [0, 0.1) is 5.82 Å². The first kappa shape index (κ1) is 10.2. The lowest BCUT2D eigenvalue weighted by Crippen LogP contribution is -2.47. The van der Waals surface area contributed by atoms with Crippen LogP contribution < -0.4 is 10.6 Å². The number of benzene rings is 1. The summed E-state index contributed by atoms with van der Waals surface area (Å²) in [6.45, 7) is 3.48. The van der Waals surface area contributed by atoms with E-state index < -0.39 is 11.4 Å². The molecule has 1 aromatic rings. The Balaban J connectivity index is 2.51. The second kappa shape index (κ2) is 3.10. The first-order valence-corrected chi connectivity index (χ1v) is 4.86. The maximum absolute atomic E-state index is 13.1. The fraction of sp³-hybridized carbons (Fsp3) is 0.300. The lowest BCUT2D eigenvalue weighted by Gasteiger charge is -2.32. The summed E-state index contributed by atoms with van der Waals surface area (Å²) in [7, 11) is 0. The number of anilines is 2. The van der Waals surface area contributed by atoms with Crippen molar-refractivity contribution in [3.05, 3.63) is 23.0 Å². The summed E-state index contributed by atoms with van der Waals surface area (Å²) in [5.41, 5.74) is 0.334. The Morgan fingerprint density at radius 3 is 2.67 bits per heavy atom. The Hall–Kier alpha value is -1.29. The topological polar surface area (TPSA) is 41.1 Å². The molecule has 1 aromatic carbocycles. The van der Waals surface area contributed by atoms with Crippen LogP contribution in [-0.4, -0.2) is 11.4 Å². The second-order valence-corrected chi connectivity index (χ2v) is 4.42. The third-order valence-electron chi connectivity index (χ3n) is 2.32. The van der Waals surface area contributed by atoms with Crippen molar-refractivity contribution in [3.8, 4) is 0 Å². The van der Waals surface area contributed by atoms with Crippen molar-refractivity contribution in [2.75, 3.05) is 10.6 Å². The molecule has 0 atom stereocenters. The molecule has 0 bridgehead atoms. The second-order valence-electron chi connectivity index (χ2n) is 4.02. The van der Waals surface area contributed by atoms with Crippen molar-refractivity contribution >= 4 is 28.9 Å². The Kier molecular flexibility index (Phi) is 2.12. The number of hydrogen-bond donors (Lipinski definition) is 2. The molecule has 1 amide bonds. The molecule has 2 N–H and O–H groups in total. The average Bonchev–Trinajstić information content (AvgIpc) is 2.11.